The summed E-state index contributed by atoms with van der Waals surface area (Å²) in [6.45, 7) is 4.07. The molecule has 3 rings (SSSR count). The summed E-state index contributed by atoms with van der Waals surface area (Å²) in [5, 5.41) is 10.6. The zero-order chi connectivity index (χ0) is 14.4. The van der Waals surface area contributed by atoms with E-state index >= 15 is 0 Å². The maximum Gasteiger partial charge on any atom is 0.323 e. The molecule has 0 aliphatic carbocycles. The van der Waals surface area contributed by atoms with Crippen LogP contribution in [0.5, 0.6) is 0 Å². The number of rotatable bonds is 2. The van der Waals surface area contributed by atoms with Crippen LogP contribution in [-0.4, -0.2) is 15.1 Å². The Morgan fingerprint density at radius 3 is 2.45 bits per heavy atom. The Hall–Kier alpha value is -1.37. The third-order valence-electron chi connectivity index (χ3n) is 3.38. The van der Waals surface area contributed by atoms with Gasteiger partial charge in [0.05, 0.1) is 11.0 Å². The summed E-state index contributed by atoms with van der Waals surface area (Å²) in [6, 6.07) is 5.60. The standard InChI is InChI=1S/C14H13BrN2O2S/c1-6-3-12(20-7(6)2)13(18)8-4-10-11(5-9(8)15)17-14(19)16-10/h3-5,13,18H,1-2H3,(H2,16,17,19). The van der Waals surface area contributed by atoms with Gasteiger partial charge in [0.1, 0.15) is 6.10 Å². The van der Waals surface area contributed by atoms with Gasteiger partial charge >= 0.3 is 5.69 Å². The van der Waals surface area contributed by atoms with Crippen molar-refractivity contribution in [2.45, 2.75) is 20.0 Å². The van der Waals surface area contributed by atoms with Gasteiger partial charge in [-0.3, -0.25) is 0 Å². The second-order valence-corrected chi connectivity index (χ2v) is 6.93. The van der Waals surface area contributed by atoms with Gasteiger partial charge in [-0.1, -0.05) is 15.9 Å². The van der Waals surface area contributed by atoms with Crippen LogP contribution >= 0.6 is 27.3 Å². The molecule has 0 fully saturated rings. The first-order valence-electron chi connectivity index (χ1n) is 6.12. The quantitative estimate of drug-likeness (QED) is 0.661. The van der Waals surface area contributed by atoms with Crippen molar-refractivity contribution in [1.29, 1.82) is 0 Å². The molecule has 0 amide bonds. The van der Waals surface area contributed by atoms with Crippen LogP contribution in [0.1, 0.15) is 27.0 Å². The molecule has 0 spiro atoms. The Labute approximate surface area is 127 Å². The van der Waals surface area contributed by atoms with Crippen LogP contribution in [0.2, 0.25) is 0 Å². The van der Waals surface area contributed by atoms with Crippen LogP contribution in [0, 0.1) is 13.8 Å². The average Bonchev–Trinajstić information content (AvgIpc) is 2.90. The van der Waals surface area contributed by atoms with E-state index in [0.29, 0.717) is 5.52 Å². The van der Waals surface area contributed by atoms with Crippen molar-refractivity contribution in [1.82, 2.24) is 9.97 Å². The molecule has 0 aliphatic rings. The van der Waals surface area contributed by atoms with E-state index in [4.69, 9.17) is 0 Å². The summed E-state index contributed by atoms with van der Waals surface area (Å²) in [4.78, 5) is 18.8. The van der Waals surface area contributed by atoms with Crippen LogP contribution in [0.3, 0.4) is 0 Å². The fourth-order valence-electron chi connectivity index (χ4n) is 2.17. The van der Waals surface area contributed by atoms with Crippen molar-refractivity contribution in [3.05, 3.63) is 54.0 Å². The number of aliphatic hydroxyl groups excluding tert-OH is 1. The molecular formula is C14H13BrN2O2S. The van der Waals surface area contributed by atoms with E-state index in [1.165, 1.54) is 10.4 Å². The molecule has 1 unspecified atom stereocenters. The number of thiophene rings is 1. The second kappa shape index (κ2) is 4.87. The molecule has 0 bridgehead atoms. The molecule has 0 saturated carbocycles. The highest BCUT2D eigenvalue weighted by Crippen LogP contribution is 2.35. The largest absolute Gasteiger partial charge is 0.383 e. The van der Waals surface area contributed by atoms with Crippen molar-refractivity contribution in [3.63, 3.8) is 0 Å². The number of H-pyrrole nitrogens is 2. The van der Waals surface area contributed by atoms with Crippen LogP contribution in [-0.2, 0) is 0 Å². The molecule has 4 nitrogen and oxygen atoms in total. The monoisotopic (exact) mass is 352 g/mol. The molecular weight excluding hydrogens is 340 g/mol. The molecule has 0 saturated heterocycles. The predicted octanol–water partition coefficient (Wildman–Crippen LogP) is 3.38. The molecule has 2 heterocycles. The van der Waals surface area contributed by atoms with Gasteiger partial charge in [0.2, 0.25) is 0 Å². The van der Waals surface area contributed by atoms with Crippen molar-refractivity contribution < 1.29 is 5.11 Å². The number of imidazole rings is 1. The van der Waals surface area contributed by atoms with E-state index in [2.05, 4.69) is 25.9 Å². The van der Waals surface area contributed by atoms with E-state index < -0.39 is 6.10 Å². The highest BCUT2D eigenvalue weighted by molar-refractivity contribution is 9.10. The van der Waals surface area contributed by atoms with E-state index in [9.17, 15) is 9.90 Å². The molecule has 0 aliphatic heterocycles. The SMILES string of the molecule is Cc1cc(C(O)c2cc3[nH]c(=O)[nH]c3cc2Br)sc1C. The molecule has 1 atom stereocenters. The van der Waals surface area contributed by atoms with Gasteiger partial charge in [0, 0.05) is 19.8 Å². The van der Waals surface area contributed by atoms with Crippen LogP contribution in [0.25, 0.3) is 11.0 Å². The number of fused-ring (bicyclic) bond motifs is 1. The summed E-state index contributed by atoms with van der Waals surface area (Å²) in [6.07, 6.45) is -0.704. The minimum atomic E-state index is -0.704. The first kappa shape index (κ1) is 13.6. The minimum absolute atomic E-state index is 0.249. The van der Waals surface area contributed by atoms with Gasteiger partial charge < -0.3 is 15.1 Å². The predicted molar refractivity (Wildman–Crippen MR) is 84.5 cm³/mol. The van der Waals surface area contributed by atoms with Crippen LogP contribution in [0.15, 0.2) is 27.5 Å². The smallest absolute Gasteiger partial charge is 0.323 e. The van der Waals surface area contributed by atoms with Gasteiger partial charge in [0.15, 0.2) is 0 Å². The van der Waals surface area contributed by atoms with Gasteiger partial charge in [0.25, 0.3) is 0 Å². The number of aromatic nitrogens is 2. The lowest BCUT2D eigenvalue weighted by atomic mass is 10.1. The van der Waals surface area contributed by atoms with Crippen molar-refractivity contribution in [2.75, 3.05) is 0 Å². The first-order chi connectivity index (χ1) is 9.45. The third kappa shape index (κ3) is 2.24. The van der Waals surface area contributed by atoms with E-state index in [1.54, 1.807) is 23.5 Å². The number of aryl methyl sites for hydroxylation is 2. The number of aliphatic hydroxyl groups is 1. The maximum atomic E-state index is 11.3. The third-order valence-corrected chi connectivity index (χ3v) is 5.27. The van der Waals surface area contributed by atoms with Gasteiger partial charge in [-0.2, -0.15) is 0 Å². The highest BCUT2D eigenvalue weighted by Gasteiger charge is 2.18. The summed E-state index contributed by atoms with van der Waals surface area (Å²) in [5.74, 6) is 0. The molecule has 3 N–H and O–H groups in total. The Morgan fingerprint density at radius 1 is 1.20 bits per heavy atom. The number of benzene rings is 1. The van der Waals surface area contributed by atoms with Crippen molar-refractivity contribution in [2.24, 2.45) is 0 Å². The number of hydrogen-bond donors (Lipinski definition) is 3. The van der Waals surface area contributed by atoms with E-state index in [0.717, 1.165) is 20.4 Å². The van der Waals surface area contributed by atoms with Crippen LogP contribution in [0.4, 0.5) is 0 Å². The van der Waals surface area contributed by atoms with Crippen LogP contribution < -0.4 is 5.69 Å². The fraction of sp³-hybridized carbons (Fsp3) is 0.214. The maximum absolute atomic E-state index is 11.3. The fourth-order valence-corrected chi connectivity index (χ4v) is 3.78. The number of aromatic amines is 2. The average molecular weight is 353 g/mol. The van der Waals surface area contributed by atoms with E-state index in [-0.39, 0.29) is 5.69 Å². The normalized spacial score (nSPS) is 13.0. The lowest BCUT2D eigenvalue weighted by molar-refractivity contribution is 0.223. The van der Waals surface area contributed by atoms with E-state index in [1.807, 2.05) is 19.9 Å². The zero-order valence-electron chi connectivity index (χ0n) is 11.0. The Morgan fingerprint density at radius 2 is 1.85 bits per heavy atom. The zero-order valence-corrected chi connectivity index (χ0v) is 13.4. The number of hydrogen-bond acceptors (Lipinski definition) is 3. The molecule has 104 valence electrons. The molecule has 1 aromatic carbocycles. The summed E-state index contributed by atoms with van der Waals surface area (Å²) in [7, 11) is 0. The van der Waals surface area contributed by atoms with Gasteiger partial charge in [-0.15, -0.1) is 11.3 Å². The molecule has 6 heteroatoms. The number of nitrogens with one attached hydrogen (secondary N) is 2. The summed E-state index contributed by atoms with van der Waals surface area (Å²) >= 11 is 5.04. The number of halogens is 1. The van der Waals surface area contributed by atoms with Gasteiger partial charge in [-0.25, -0.2) is 4.79 Å². The summed E-state index contributed by atoms with van der Waals surface area (Å²) < 4.78 is 0.774. The first-order valence-corrected chi connectivity index (χ1v) is 7.73. The lowest BCUT2D eigenvalue weighted by Gasteiger charge is -2.11. The molecule has 3 aromatic rings. The van der Waals surface area contributed by atoms with Crippen molar-refractivity contribution >= 4 is 38.3 Å². The molecule has 0 radical (unpaired) electrons. The highest BCUT2D eigenvalue weighted by atomic mass is 79.9. The summed E-state index contributed by atoms with van der Waals surface area (Å²) in [5.41, 5.74) is 3.08. The Bertz CT molecular complexity index is 827. The Balaban J connectivity index is 2.12. The van der Waals surface area contributed by atoms with Gasteiger partial charge in [-0.05, 0) is 37.6 Å². The Kier molecular flexibility index (Phi) is 3.32. The lowest BCUT2D eigenvalue weighted by Crippen LogP contribution is -1.99. The van der Waals surface area contributed by atoms with Crippen molar-refractivity contribution in [3.8, 4) is 0 Å². The molecule has 2 aromatic heterocycles. The molecule has 20 heavy (non-hydrogen) atoms. The topological polar surface area (TPSA) is 68.9 Å². The second-order valence-electron chi connectivity index (χ2n) is 4.79. The minimum Gasteiger partial charge on any atom is -0.383 e.